The van der Waals surface area contributed by atoms with Crippen molar-refractivity contribution in [3.63, 3.8) is 0 Å². The van der Waals surface area contributed by atoms with Crippen LogP contribution in [0.4, 0.5) is 5.69 Å². The first kappa shape index (κ1) is 21.5. The van der Waals surface area contributed by atoms with Crippen LogP contribution in [0.25, 0.3) is 0 Å². The van der Waals surface area contributed by atoms with Gasteiger partial charge in [-0.15, -0.1) is 11.3 Å². The lowest BCUT2D eigenvalue weighted by atomic mass is 9.96. The molecule has 3 aromatic rings. The van der Waals surface area contributed by atoms with E-state index in [0.29, 0.717) is 31.9 Å². The van der Waals surface area contributed by atoms with E-state index in [9.17, 15) is 14.4 Å². The maximum atomic E-state index is 13.6. The molecule has 7 nitrogen and oxygen atoms in total. The van der Waals surface area contributed by atoms with Crippen LogP contribution in [0.2, 0.25) is 0 Å². The number of carbonyl (C=O) groups excluding carboxylic acids is 3. The number of carbonyl (C=O) groups is 3. The van der Waals surface area contributed by atoms with Crippen molar-refractivity contribution in [1.29, 1.82) is 0 Å². The van der Waals surface area contributed by atoms with Crippen LogP contribution in [-0.2, 0) is 9.59 Å². The SMILES string of the molecule is Cc1ccc(N2C(=O)C[C@H](C(=O)N3CCN(C(=O)c4ccco4)CC3)[C@H]2c2cccs2)cc1. The largest absolute Gasteiger partial charge is 0.459 e. The number of furan rings is 1. The Morgan fingerprint density at radius 3 is 2.33 bits per heavy atom. The van der Waals surface area contributed by atoms with Crippen LogP contribution in [-0.4, -0.2) is 53.7 Å². The van der Waals surface area contributed by atoms with Crippen LogP contribution in [0, 0.1) is 12.8 Å². The number of benzene rings is 1. The fourth-order valence-electron chi connectivity index (χ4n) is 4.67. The molecule has 33 heavy (non-hydrogen) atoms. The summed E-state index contributed by atoms with van der Waals surface area (Å²) < 4.78 is 5.22. The van der Waals surface area contributed by atoms with Gasteiger partial charge in [0.2, 0.25) is 11.8 Å². The molecule has 2 aliphatic heterocycles. The average molecular weight is 464 g/mol. The molecule has 0 saturated carbocycles. The summed E-state index contributed by atoms with van der Waals surface area (Å²) in [6.45, 7) is 3.78. The molecule has 8 heteroatoms. The van der Waals surface area contributed by atoms with E-state index in [1.54, 1.807) is 38.2 Å². The molecule has 2 saturated heterocycles. The Bertz CT molecular complexity index is 1130. The summed E-state index contributed by atoms with van der Waals surface area (Å²) in [4.78, 5) is 45.6. The zero-order chi connectivity index (χ0) is 22.9. The molecule has 0 unspecified atom stereocenters. The number of thiophene rings is 1. The molecule has 5 rings (SSSR count). The summed E-state index contributed by atoms with van der Waals surface area (Å²) >= 11 is 1.57. The van der Waals surface area contributed by atoms with Gasteiger partial charge in [-0.25, -0.2) is 0 Å². The van der Waals surface area contributed by atoms with E-state index >= 15 is 0 Å². The van der Waals surface area contributed by atoms with E-state index in [4.69, 9.17) is 4.42 Å². The highest BCUT2D eigenvalue weighted by atomic mass is 32.1. The molecule has 2 fully saturated rings. The van der Waals surface area contributed by atoms with Crippen LogP contribution < -0.4 is 4.90 Å². The predicted molar refractivity (Wildman–Crippen MR) is 125 cm³/mol. The van der Waals surface area contributed by atoms with Gasteiger partial charge in [-0.1, -0.05) is 23.8 Å². The monoisotopic (exact) mass is 463 g/mol. The van der Waals surface area contributed by atoms with Gasteiger partial charge < -0.3 is 19.1 Å². The summed E-state index contributed by atoms with van der Waals surface area (Å²) in [5.41, 5.74) is 1.93. The van der Waals surface area contributed by atoms with Crippen LogP contribution in [0.5, 0.6) is 0 Å². The summed E-state index contributed by atoms with van der Waals surface area (Å²) in [5.74, 6) is -0.374. The van der Waals surface area contributed by atoms with Crippen molar-refractivity contribution in [2.45, 2.75) is 19.4 Å². The van der Waals surface area contributed by atoms with Gasteiger partial charge in [0, 0.05) is 43.2 Å². The summed E-state index contributed by atoms with van der Waals surface area (Å²) in [6, 6.07) is 14.8. The van der Waals surface area contributed by atoms with Crippen molar-refractivity contribution in [1.82, 2.24) is 9.80 Å². The Kier molecular flexibility index (Phi) is 5.76. The van der Waals surface area contributed by atoms with Gasteiger partial charge in [0.25, 0.3) is 5.91 Å². The van der Waals surface area contributed by atoms with Gasteiger partial charge in [-0.05, 0) is 42.6 Å². The fourth-order valence-corrected chi connectivity index (χ4v) is 5.55. The standard InChI is InChI=1S/C25H25N3O4S/c1-17-6-8-18(9-7-17)28-22(29)16-19(23(28)21-5-3-15-33-21)24(30)26-10-12-27(13-11-26)25(31)20-4-2-14-32-20/h2-9,14-15,19,23H,10-13,16H2,1H3/t19-,23-/m0/s1. The number of hydrogen-bond donors (Lipinski definition) is 0. The lowest BCUT2D eigenvalue weighted by Crippen LogP contribution is -2.52. The number of amides is 3. The molecule has 0 radical (unpaired) electrons. The molecule has 0 spiro atoms. The molecule has 0 N–H and O–H groups in total. The smallest absolute Gasteiger partial charge is 0.289 e. The van der Waals surface area contributed by atoms with Gasteiger partial charge in [0.1, 0.15) is 0 Å². The molecule has 3 amide bonds. The van der Waals surface area contributed by atoms with E-state index < -0.39 is 5.92 Å². The first-order chi connectivity index (χ1) is 16.0. The molecule has 0 bridgehead atoms. The minimum Gasteiger partial charge on any atom is -0.459 e. The third-order valence-electron chi connectivity index (χ3n) is 6.40. The highest BCUT2D eigenvalue weighted by molar-refractivity contribution is 7.10. The highest BCUT2D eigenvalue weighted by Gasteiger charge is 2.47. The van der Waals surface area contributed by atoms with Crippen molar-refractivity contribution in [2.24, 2.45) is 5.92 Å². The molecule has 1 aromatic carbocycles. The average Bonchev–Trinajstić information content (AvgIpc) is 3.60. The minimum atomic E-state index is -0.454. The Morgan fingerprint density at radius 2 is 1.70 bits per heavy atom. The number of hydrogen-bond acceptors (Lipinski definition) is 5. The van der Waals surface area contributed by atoms with E-state index in [0.717, 1.165) is 16.1 Å². The van der Waals surface area contributed by atoms with E-state index in [-0.39, 0.29) is 30.2 Å². The first-order valence-electron chi connectivity index (χ1n) is 11.1. The third-order valence-corrected chi connectivity index (χ3v) is 7.34. The lowest BCUT2D eigenvalue weighted by molar-refractivity contribution is -0.138. The molecule has 0 aliphatic carbocycles. The summed E-state index contributed by atoms with van der Waals surface area (Å²) in [6.07, 6.45) is 1.66. The second kappa shape index (κ2) is 8.86. The topological polar surface area (TPSA) is 74.1 Å². The summed E-state index contributed by atoms with van der Waals surface area (Å²) in [5, 5.41) is 1.98. The second-order valence-corrected chi connectivity index (χ2v) is 9.44. The molecule has 4 heterocycles. The Balaban J connectivity index is 1.34. The third kappa shape index (κ3) is 4.06. The fraction of sp³-hybridized carbons (Fsp3) is 0.320. The molecular formula is C25H25N3O4S. The van der Waals surface area contributed by atoms with Gasteiger partial charge in [0.05, 0.1) is 18.2 Å². The Hall–Kier alpha value is -3.39. The van der Waals surface area contributed by atoms with Crippen LogP contribution in [0.3, 0.4) is 0 Å². The number of anilines is 1. The molecule has 2 aliphatic rings. The van der Waals surface area contributed by atoms with Gasteiger partial charge in [0.15, 0.2) is 5.76 Å². The van der Waals surface area contributed by atoms with Crippen molar-refractivity contribution in [2.75, 3.05) is 31.1 Å². The van der Waals surface area contributed by atoms with Crippen molar-refractivity contribution < 1.29 is 18.8 Å². The molecule has 2 atom stereocenters. The number of piperazine rings is 1. The molecule has 170 valence electrons. The maximum Gasteiger partial charge on any atom is 0.289 e. The normalized spacial score (nSPS) is 21.0. The van der Waals surface area contributed by atoms with E-state index in [2.05, 4.69) is 0 Å². The quantitative estimate of drug-likeness (QED) is 0.591. The van der Waals surface area contributed by atoms with Crippen molar-refractivity contribution in [3.05, 3.63) is 76.4 Å². The van der Waals surface area contributed by atoms with Gasteiger partial charge >= 0.3 is 0 Å². The van der Waals surface area contributed by atoms with Gasteiger partial charge in [-0.2, -0.15) is 0 Å². The van der Waals surface area contributed by atoms with Crippen LogP contribution in [0.1, 0.15) is 33.5 Å². The van der Waals surface area contributed by atoms with Crippen molar-refractivity contribution >= 4 is 34.7 Å². The molecular weight excluding hydrogens is 438 g/mol. The van der Waals surface area contributed by atoms with E-state index in [1.807, 2.05) is 48.7 Å². The van der Waals surface area contributed by atoms with Crippen molar-refractivity contribution in [3.8, 4) is 0 Å². The zero-order valence-electron chi connectivity index (χ0n) is 18.3. The van der Waals surface area contributed by atoms with E-state index in [1.165, 1.54) is 6.26 Å². The minimum absolute atomic E-state index is 0.0264. The second-order valence-electron chi connectivity index (χ2n) is 8.46. The summed E-state index contributed by atoms with van der Waals surface area (Å²) in [7, 11) is 0. The maximum absolute atomic E-state index is 13.6. The number of aryl methyl sites for hydroxylation is 1. The number of rotatable bonds is 4. The number of nitrogens with zero attached hydrogens (tertiary/aromatic N) is 3. The lowest BCUT2D eigenvalue weighted by Gasteiger charge is -2.36. The highest BCUT2D eigenvalue weighted by Crippen LogP contribution is 2.43. The van der Waals surface area contributed by atoms with Crippen LogP contribution >= 0.6 is 11.3 Å². The zero-order valence-corrected chi connectivity index (χ0v) is 19.2. The molecule has 2 aromatic heterocycles. The Morgan fingerprint density at radius 1 is 0.970 bits per heavy atom. The van der Waals surface area contributed by atoms with Crippen LogP contribution in [0.15, 0.2) is 64.6 Å². The Labute approximate surface area is 196 Å². The van der Waals surface area contributed by atoms with Gasteiger partial charge in [-0.3, -0.25) is 14.4 Å². The first-order valence-corrected chi connectivity index (χ1v) is 11.9. The predicted octanol–water partition coefficient (Wildman–Crippen LogP) is 3.73.